The van der Waals surface area contributed by atoms with E-state index >= 15 is 0 Å². The summed E-state index contributed by atoms with van der Waals surface area (Å²) in [7, 11) is 4.10. The first kappa shape index (κ1) is 18.1. The van der Waals surface area contributed by atoms with Crippen LogP contribution < -0.4 is 10.5 Å². The van der Waals surface area contributed by atoms with E-state index in [-0.39, 0.29) is 5.95 Å². The quantitative estimate of drug-likeness (QED) is 0.685. The Labute approximate surface area is 154 Å². The Morgan fingerprint density at radius 3 is 2.38 bits per heavy atom. The molecule has 0 saturated carbocycles. The molecular formula is C21H26N4O. The molecule has 0 atom stereocenters. The lowest BCUT2D eigenvalue weighted by molar-refractivity contribution is 0.276. The number of hydrogen-bond donors (Lipinski definition) is 1. The van der Waals surface area contributed by atoms with Crippen LogP contribution in [-0.4, -0.2) is 42.1 Å². The van der Waals surface area contributed by atoms with E-state index in [1.54, 1.807) is 0 Å². The lowest BCUT2D eigenvalue weighted by Crippen LogP contribution is -2.16. The molecule has 0 unspecified atom stereocenters. The first-order chi connectivity index (χ1) is 12.4. The highest BCUT2D eigenvalue weighted by atomic mass is 16.5. The number of aromatic nitrogens is 2. The van der Waals surface area contributed by atoms with Crippen LogP contribution >= 0.6 is 0 Å². The molecule has 1 aromatic heterocycles. The van der Waals surface area contributed by atoms with Crippen molar-refractivity contribution in [2.75, 3.05) is 33.0 Å². The maximum absolute atomic E-state index is 5.93. The smallest absolute Gasteiger partial charge is 0.226 e. The Hall–Kier alpha value is -2.66. The molecule has 1 heterocycles. The highest BCUT2D eigenvalue weighted by Gasteiger charge is 2.10. The third-order valence-corrected chi connectivity index (χ3v) is 4.22. The van der Waals surface area contributed by atoms with Crippen molar-refractivity contribution in [2.24, 2.45) is 0 Å². The van der Waals surface area contributed by atoms with E-state index in [1.807, 2.05) is 20.2 Å². The van der Waals surface area contributed by atoms with Crippen molar-refractivity contribution in [1.29, 1.82) is 0 Å². The van der Waals surface area contributed by atoms with Gasteiger partial charge in [-0.1, -0.05) is 35.4 Å². The second-order valence-electron chi connectivity index (χ2n) is 7.00. The van der Waals surface area contributed by atoms with E-state index in [9.17, 15) is 0 Å². The average Bonchev–Trinajstić information content (AvgIpc) is 2.57. The molecule has 2 aromatic carbocycles. The minimum Gasteiger partial charge on any atom is -0.477 e. The number of anilines is 1. The molecule has 0 bridgehead atoms. The molecule has 136 valence electrons. The predicted molar refractivity (Wildman–Crippen MR) is 108 cm³/mol. The van der Waals surface area contributed by atoms with Gasteiger partial charge in [-0.2, -0.15) is 4.98 Å². The van der Waals surface area contributed by atoms with Gasteiger partial charge in [0.05, 0.1) is 17.5 Å². The van der Waals surface area contributed by atoms with Crippen LogP contribution in [0.1, 0.15) is 17.5 Å². The van der Waals surface area contributed by atoms with E-state index < -0.39 is 0 Å². The fourth-order valence-corrected chi connectivity index (χ4v) is 3.10. The van der Waals surface area contributed by atoms with Crippen molar-refractivity contribution in [1.82, 2.24) is 14.9 Å². The molecular weight excluding hydrogens is 324 g/mol. The van der Waals surface area contributed by atoms with Gasteiger partial charge in [-0.05, 0) is 57.6 Å². The Balaban J connectivity index is 1.96. The van der Waals surface area contributed by atoms with Gasteiger partial charge < -0.3 is 15.4 Å². The number of hydrogen-bond acceptors (Lipinski definition) is 5. The van der Waals surface area contributed by atoms with Crippen LogP contribution in [0.3, 0.4) is 0 Å². The number of nitrogens with zero attached hydrogens (tertiary/aromatic N) is 3. The van der Waals surface area contributed by atoms with Crippen LogP contribution in [0.5, 0.6) is 5.88 Å². The van der Waals surface area contributed by atoms with Crippen LogP contribution in [0.2, 0.25) is 0 Å². The van der Waals surface area contributed by atoms with E-state index in [0.717, 1.165) is 29.4 Å². The lowest BCUT2D eigenvalue weighted by atomic mass is 9.99. The Morgan fingerprint density at radius 2 is 1.69 bits per heavy atom. The fourth-order valence-electron chi connectivity index (χ4n) is 3.10. The number of aryl methyl sites for hydroxylation is 2. The third-order valence-electron chi connectivity index (χ3n) is 4.22. The highest BCUT2D eigenvalue weighted by molar-refractivity contribution is 5.89. The van der Waals surface area contributed by atoms with Crippen molar-refractivity contribution in [3.05, 3.63) is 47.5 Å². The third kappa shape index (κ3) is 4.29. The van der Waals surface area contributed by atoms with Crippen LogP contribution in [0, 0.1) is 13.8 Å². The van der Waals surface area contributed by atoms with E-state index in [1.165, 1.54) is 16.7 Å². The minimum absolute atomic E-state index is 0.235. The Kier molecular flexibility index (Phi) is 5.38. The summed E-state index contributed by atoms with van der Waals surface area (Å²) in [6, 6.07) is 12.7. The van der Waals surface area contributed by atoms with Gasteiger partial charge in [0.1, 0.15) is 0 Å². The van der Waals surface area contributed by atoms with Crippen LogP contribution in [0.25, 0.3) is 22.0 Å². The Bertz CT molecular complexity index is 901. The molecule has 0 saturated heterocycles. The summed E-state index contributed by atoms with van der Waals surface area (Å²) in [6.45, 7) is 5.78. The van der Waals surface area contributed by atoms with Gasteiger partial charge in [0.2, 0.25) is 11.8 Å². The van der Waals surface area contributed by atoms with Gasteiger partial charge in [-0.3, -0.25) is 0 Å². The molecule has 0 aliphatic carbocycles. The number of rotatable bonds is 6. The van der Waals surface area contributed by atoms with Crippen molar-refractivity contribution in [3.63, 3.8) is 0 Å². The zero-order valence-corrected chi connectivity index (χ0v) is 15.9. The molecule has 0 fully saturated rings. The molecule has 0 amide bonds. The van der Waals surface area contributed by atoms with E-state index in [2.05, 4.69) is 59.0 Å². The fraction of sp³-hybridized carbons (Fsp3) is 0.333. The molecule has 5 nitrogen and oxygen atoms in total. The monoisotopic (exact) mass is 350 g/mol. The largest absolute Gasteiger partial charge is 0.477 e. The maximum Gasteiger partial charge on any atom is 0.226 e. The van der Waals surface area contributed by atoms with Crippen molar-refractivity contribution in [2.45, 2.75) is 20.3 Å². The topological polar surface area (TPSA) is 64.3 Å². The van der Waals surface area contributed by atoms with Crippen LogP contribution in [0.15, 0.2) is 36.4 Å². The Morgan fingerprint density at radius 1 is 0.962 bits per heavy atom. The van der Waals surface area contributed by atoms with Gasteiger partial charge >= 0.3 is 0 Å². The molecule has 3 aromatic rings. The second kappa shape index (κ2) is 7.70. The molecule has 5 heteroatoms. The SMILES string of the molecule is Cc1cc(C)cc(-c2ccc3nc(N)nc(OCCCN(C)C)c3c2)c1. The number of nitrogens with two attached hydrogens (primary N) is 1. The molecule has 2 N–H and O–H groups in total. The van der Waals surface area contributed by atoms with Gasteiger partial charge in [0, 0.05) is 6.54 Å². The highest BCUT2D eigenvalue weighted by Crippen LogP contribution is 2.30. The molecule has 0 radical (unpaired) electrons. The lowest BCUT2D eigenvalue weighted by Gasteiger charge is -2.12. The summed E-state index contributed by atoms with van der Waals surface area (Å²) in [5.41, 5.74) is 11.4. The van der Waals surface area contributed by atoms with E-state index in [0.29, 0.717) is 12.5 Å². The minimum atomic E-state index is 0.235. The zero-order valence-electron chi connectivity index (χ0n) is 15.9. The van der Waals surface area contributed by atoms with Crippen LogP contribution in [0.4, 0.5) is 5.95 Å². The zero-order chi connectivity index (χ0) is 18.7. The first-order valence-electron chi connectivity index (χ1n) is 8.86. The second-order valence-corrected chi connectivity index (χ2v) is 7.00. The summed E-state index contributed by atoms with van der Waals surface area (Å²) in [5.74, 6) is 0.789. The first-order valence-corrected chi connectivity index (χ1v) is 8.86. The van der Waals surface area contributed by atoms with Crippen LogP contribution in [-0.2, 0) is 0 Å². The van der Waals surface area contributed by atoms with Gasteiger partial charge in [0.15, 0.2) is 0 Å². The summed E-state index contributed by atoms with van der Waals surface area (Å²) >= 11 is 0. The molecule has 0 spiro atoms. The predicted octanol–water partition coefficient (Wildman–Crippen LogP) is 3.83. The summed E-state index contributed by atoms with van der Waals surface area (Å²) in [5, 5.41) is 0.890. The van der Waals surface area contributed by atoms with Gasteiger partial charge in [0.25, 0.3) is 0 Å². The van der Waals surface area contributed by atoms with Gasteiger partial charge in [-0.25, -0.2) is 4.98 Å². The normalized spacial score (nSPS) is 11.3. The van der Waals surface area contributed by atoms with Gasteiger partial charge in [-0.15, -0.1) is 0 Å². The van der Waals surface area contributed by atoms with Crippen molar-refractivity contribution >= 4 is 16.9 Å². The summed E-state index contributed by atoms with van der Waals surface area (Å²) in [6.07, 6.45) is 0.926. The molecule has 26 heavy (non-hydrogen) atoms. The summed E-state index contributed by atoms with van der Waals surface area (Å²) < 4.78 is 5.93. The average molecular weight is 350 g/mol. The number of fused-ring (bicyclic) bond motifs is 1. The van der Waals surface area contributed by atoms with Crippen molar-refractivity contribution < 1.29 is 4.74 Å². The number of nitrogen functional groups attached to an aromatic ring is 1. The van der Waals surface area contributed by atoms with Crippen molar-refractivity contribution in [3.8, 4) is 17.0 Å². The number of benzene rings is 2. The maximum atomic E-state index is 5.93. The summed E-state index contributed by atoms with van der Waals surface area (Å²) in [4.78, 5) is 10.8. The number of ether oxygens (including phenoxy) is 1. The molecule has 0 aliphatic rings. The van der Waals surface area contributed by atoms with E-state index in [4.69, 9.17) is 10.5 Å². The molecule has 3 rings (SSSR count). The standard InChI is InChI=1S/C21H26N4O/c1-14-10-15(2)12-17(11-14)16-6-7-19-18(13-16)20(24-21(22)23-19)26-9-5-8-25(3)4/h6-7,10-13H,5,8-9H2,1-4H3,(H2,22,23,24). The molecule has 0 aliphatic heterocycles.